The van der Waals surface area contributed by atoms with Gasteiger partial charge in [0.1, 0.15) is 5.60 Å². The number of alkyl carbamates (subject to hydrolysis) is 1. The lowest BCUT2D eigenvalue weighted by atomic mass is 9.93. The Kier molecular flexibility index (Phi) is 4.68. The molecule has 0 aromatic rings. The molecule has 0 aromatic heterocycles. The van der Waals surface area contributed by atoms with Gasteiger partial charge in [0.05, 0.1) is 12.2 Å². The van der Waals surface area contributed by atoms with Gasteiger partial charge in [0, 0.05) is 19.1 Å². The summed E-state index contributed by atoms with van der Waals surface area (Å²) in [6.45, 7) is 7.60. The minimum atomic E-state index is -0.429. The molecule has 2 N–H and O–H groups in total. The summed E-state index contributed by atoms with van der Waals surface area (Å²) in [6, 6.07) is 0.231. The van der Waals surface area contributed by atoms with Crippen molar-refractivity contribution in [2.75, 3.05) is 13.1 Å². The molecule has 0 spiro atoms. The standard InChI is InChI=1S/C14H26N2O3/c1-14(2,3)19-13(17)16-10-4-6-11(7-5-10)18-12-8-15-9-12/h10-12,15H,4-9H2,1-3H3,(H,16,17). The highest BCUT2D eigenvalue weighted by Gasteiger charge is 2.28. The van der Waals surface area contributed by atoms with Gasteiger partial charge in [-0.05, 0) is 46.5 Å². The number of hydrogen-bond acceptors (Lipinski definition) is 4. The maximum atomic E-state index is 11.7. The SMILES string of the molecule is CC(C)(C)OC(=O)NC1CCC(OC2CNC2)CC1. The first-order valence-electron chi connectivity index (χ1n) is 7.28. The van der Waals surface area contributed by atoms with E-state index in [1.165, 1.54) is 0 Å². The molecule has 19 heavy (non-hydrogen) atoms. The minimum Gasteiger partial charge on any atom is -0.444 e. The summed E-state index contributed by atoms with van der Waals surface area (Å²) in [4.78, 5) is 11.7. The second-order valence-electron chi connectivity index (χ2n) is 6.54. The van der Waals surface area contributed by atoms with E-state index >= 15 is 0 Å². The van der Waals surface area contributed by atoms with Gasteiger partial charge < -0.3 is 20.1 Å². The Labute approximate surface area is 115 Å². The molecular weight excluding hydrogens is 244 g/mol. The Morgan fingerprint density at radius 2 is 1.74 bits per heavy atom. The van der Waals surface area contributed by atoms with Crippen molar-refractivity contribution >= 4 is 6.09 Å². The highest BCUT2D eigenvalue weighted by Crippen LogP contribution is 2.23. The van der Waals surface area contributed by atoms with Crippen molar-refractivity contribution in [3.63, 3.8) is 0 Å². The predicted octanol–water partition coefficient (Wildman–Crippen LogP) is 1.81. The third kappa shape index (κ3) is 4.99. The van der Waals surface area contributed by atoms with E-state index in [0.717, 1.165) is 38.8 Å². The topological polar surface area (TPSA) is 59.6 Å². The van der Waals surface area contributed by atoms with Crippen LogP contribution in [0.5, 0.6) is 0 Å². The Bertz CT molecular complexity index is 302. The van der Waals surface area contributed by atoms with Gasteiger partial charge in [-0.25, -0.2) is 4.79 Å². The molecule has 110 valence electrons. The summed E-state index contributed by atoms with van der Waals surface area (Å²) in [5, 5.41) is 6.16. The minimum absolute atomic E-state index is 0.231. The van der Waals surface area contributed by atoms with E-state index in [-0.39, 0.29) is 12.1 Å². The van der Waals surface area contributed by atoms with E-state index in [0.29, 0.717) is 12.2 Å². The molecule has 1 heterocycles. The normalized spacial score (nSPS) is 28.6. The van der Waals surface area contributed by atoms with Crippen LogP contribution in [-0.4, -0.2) is 43.0 Å². The predicted molar refractivity (Wildman–Crippen MR) is 73.2 cm³/mol. The lowest BCUT2D eigenvalue weighted by Gasteiger charge is -2.35. The zero-order chi connectivity index (χ0) is 13.9. The van der Waals surface area contributed by atoms with E-state index in [9.17, 15) is 4.79 Å². The molecule has 5 nitrogen and oxygen atoms in total. The quantitative estimate of drug-likeness (QED) is 0.821. The molecule has 2 aliphatic rings. The van der Waals surface area contributed by atoms with Gasteiger partial charge in [-0.1, -0.05) is 0 Å². The first-order chi connectivity index (χ1) is 8.92. The molecule has 0 aromatic carbocycles. The number of nitrogens with one attached hydrogen (secondary N) is 2. The molecule has 0 unspecified atom stereocenters. The highest BCUT2D eigenvalue weighted by atomic mass is 16.6. The van der Waals surface area contributed by atoms with Gasteiger partial charge in [0.15, 0.2) is 0 Å². The maximum absolute atomic E-state index is 11.7. The van der Waals surface area contributed by atoms with Gasteiger partial charge in [0.2, 0.25) is 0 Å². The summed E-state index contributed by atoms with van der Waals surface area (Å²) in [7, 11) is 0. The van der Waals surface area contributed by atoms with Crippen LogP contribution in [0.2, 0.25) is 0 Å². The van der Waals surface area contributed by atoms with Crippen LogP contribution in [0.1, 0.15) is 46.5 Å². The summed E-state index contributed by atoms with van der Waals surface area (Å²) >= 11 is 0. The first kappa shape index (κ1) is 14.6. The van der Waals surface area contributed by atoms with E-state index in [1.54, 1.807) is 0 Å². The number of hydrogen-bond donors (Lipinski definition) is 2. The van der Waals surface area contributed by atoms with Crippen LogP contribution in [-0.2, 0) is 9.47 Å². The number of carbonyl (C=O) groups excluding carboxylic acids is 1. The summed E-state index contributed by atoms with van der Waals surface area (Å²) < 4.78 is 11.2. The van der Waals surface area contributed by atoms with Crippen LogP contribution < -0.4 is 10.6 Å². The fourth-order valence-electron chi connectivity index (χ4n) is 2.45. The van der Waals surface area contributed by atoms with Crippen LogP contribution in [0, 0.1) is 0 Å². The van der Waals surface area contributed by atoms with E-state index < -0.39 is 5.60 Å². The fraction of sp³-hybridized carbons (Fsp3) is 0.929. The Hall–Kier alpha value is -0.810. The van der Waals surface area contributed by atoms with Gasteiger partial charge in [-0.2, -0.15) is 0 Å². The van der Waals surface area contributed by atoms with Gasteiger partial charge >= 0.3 is 6.09 Å². The van der Waals surface area contributed by atoms with Crippen molar-refractivity contribution in [2.45, 2.75) is 70.3 Å². The zero-order valence-electron chi connectivity index (χ0n) is 12.2. The summed E-state index contributed by atoms with van der Waals surface area (Å²) in [5.41, 5.74) is -0.429. The fourth-order valence-corrected chi connectivity index (χ4v) is 2.45. The first-order valence-corrected chi connectivity index (χ1v) is 7.28. The van der Waals surface area contributed by atoms with Crippen molar-refractivity contribution in [3.05, 3.63) is 0 Å². The van der Waals surface area contributed by atoms with Crippen LogP contribution in [0.3, 0.4) is 0 Å². The smallest absolute Gasteiger partial charge is 0.407 e. The lowest BCUT2D eigenvalue weighted by molar-refractivity contribution is -0.0552. The molecule has 0 atom stereocenters. The Morgan fingerprint density at radius 3 is 2.21 bits per heavy atom. The summed E-state index contributed by atoms with van der Waals surface area (Å²) in [5.74, 6) is 0. The molecule has 1 saturated carbocycles. The maximum Gasteiger partial charge on any atom is 0.407 e. The second-order valence-corrected chi connectivity index (χ2v) is 6.54. The largest absolute Gasteiger partial charge is 0.444 e. The van der Waals surface area contributed by atoms with Crippen LogP contribution in [0.25, 0.3) is 0 Å². The molecule has 0 radical (unpaired) electrons. The molecule has 0 bridgehead atoms. The average Bonchev–Trinajstić information content (AvgIpc) is 2.23. The van der Waals surface area contributed by atoms with Crippen molar-refractivity contribution in [1.82, 2.24) is 10.6 Å². The molecular formula is C14H26N2O3. The van der Waals surface area contributed by atoms with Crippen LogP contribution in [0.15, 0.2) is 0 Å². The molecule has 1 saturated heterocycles. The van der Waals surface area contributed by atoms with Gasteiger partial charge in [-0.15, -0.1) is 0 Å². The van der Waals surface area contributed by atoms with Gasteiger partial charge in [0.25, 0.3) is 0 Å². The van der Waals surface area contributed by atoms with Crippen molar-refractivity contribution < 1.29 is 14.3 Å². The number of amides is 1. The van der Waals surface area contributed by atoms with Crippen molar-refractivity contribution in [2.24, 2.45) is 0 Å². The van der Waals surface area contributed by atoms with E-state index in [4.69, 9.17) is 9.47 Å². The monoisotopic (exact) mass is 270 g/mol. The van der Waals surface area contributed by atoms with Crippen molar-refractivity contribution in [3.8, 4) is 0 Å². The molecule has 2 rings (SSSR count). The number of rotatable bonds is 3. The highest BCUT2D eigenvalue weighted by molar-refractivity contribution is 5.68. The molecule has 1 aliphatic carbocycles. The van der Waals surface area contributed by atoms with Crippen LogP contribution >= 0.6 is 0 Å². The zero-order valence-corrected chi connectivity index (χ0v) is 12.2. The van der Waals surface area contributed by atoms with Gasteiger partial charge in [-0.3, -0.25) is 0 Å². The molecule has 1 amide bonds. The third-order valence-corrected chi connectivity index (χ3v) is 3.52. The number of carbonyl (C=O) groups is 1. The number of ether oxygens (including phenoxy) is 2. The third-order valence-electron chi connectivity index (χ3n) is 3.52. The second kappa shape index (κ2) is 6.09. The Morgan fingerprint density at radius 1 is 1.11 bits per heavy atom. The Balaban J connectivity index is 1.64. The van der Waals surface area contributed by atoms with E-state index in [1.807, 2.05) is 20.8 Å². The lowest BCUT2D eigenvalue weighted by Crippen LogP contribution is -2.51. The molecule has 5 heteroatoms. The van der Waals surface area contributed by atoms with E-state index in [2.05, 4.69) is 10.6 Å². The van der Waals surface area contributed by atoms with Crippen LogP contribution in [0.4, 0.5) is 4.79 Å². The summed E-state index contributed by atoms with van der Waals surface area (Å²) in [6.07, 6.45) is 4.46. The van der Waals surface area contributed by atoms with Crippen molar-refractivity contribution in [1.29, 1.82) is 0 Å². The molecule has 1 aliphatic heterocycles. The average molecular weight is 270 g/mol. The molecule has 2 fully saturated rings.